The van der Waals surface area contributed by atoms with Gasteiger partial charge in [0.05, 0.1) is 19.0 Å². The smallest absolute Gasteiger partial charge is 0.123 e. The second-order valence-corrected chi connectivity index (χ2v) is 8.51. The summed E-state index contributed by atoms with van der Waals surface area (Å²) in [5, 5.41) is 0. The van der Waals surface area contributed by atoms with Crippen molar-refractivity contribution in [3.8, 4) is 5.75 Å². The summed E-state index contributed by atoms with van der Waals surface area (Å²) in [6, 6.07) is 6.26. The summed E-state index contributed by atoms with van der Waals surface area (Å²) in [4.78, 5) is 0. The van der Waals surface area contributed by atoms with E-state index in [4.69, 9.17) is 19.9 Å². The first-order valence-electron chi connectivity index (χ1n) is 11.8. The van der Waals surface area contributed by atoms with E-state index >= 15 is 0 Å². The molecule has 4 nitrogen and oxygen atoms in total. The molecule has 0 saturated heterocycles. The lowest BCUT2D eigenvalue weighted by Gasteiger charge is -2.22. The topological polar surface area (TPSA) is 53.7 Å². The average Bonchev–Trinajstić information content (AvgIpc) is 3.02. The van der Waals surface area contributed by atoms with Crippen molar-refractivity contribution < 1.29 is 14.2 Å². The highest BCUT2D eigenvalue weighted by Crippen LogP contribution is 2.36. The maximum absolute atomic E-state index is 6.29. The van der Waals surface area contributed by atoms with Gasteiger partial charge < -0.3 is 19.9 Å². The highest BCUT2D eigenvalue weighted by molar-refractivity contribution is 5.73. The molecule has 0 spiro atoms. The number of rotatable bonds is 11. The lowest BCUT2D eigenvalue weighted by atomic mass is 9.88. The van der Waals surface area contributed by atoms with Crippen LogP contribution in [-0.4, -0.2) is 19.8 Å². The fraction of sp³-hybridized carbons (Fsp3) is 0.379. The van der Waals surface area contributed by atoms with E-state index in [1.54, 1.807) is 0 Å². The first-order chi connectivity index (χ1) is 16.0. The molecule has 0 aromatic heterocycles. The third-order valence-electron chi connectivity index (χ3n) is 5.90. The van der Waals surface area contributed by atoms with E-state index in [2.05, 4.69) is 56.0 Å². The molecule has 176 valence electrons. The minimum absolute atomic E-state index is 0.515. The lowest BCUT2D eigenvalue weighted by Crippen LogP contribution is -2.11. The zero-order chi connectivity index (χ0) is 23.6. The average molecular weight is 448 g/mol. The van der Waals surface area contributed by atoms with Gasteiger partial charge in [-0.2, -0.15) is 0 Å². The molecule has 33 heavy (non-hydrogen) atoms. The Hall–Kier alpha value is -3.14. The van der Waals surface area contributed by atoms with Crippen LogP contribution >= 0.6 is 0 Å². The second kappa shape index (κ2) is 12.2. The zero-order valence-corrected chi connectivity index (χ0v) is 20.3. The molecule has 0 unspecified atom stereocenters. The van der Waals surface area contributed by atoms with E-state index in [0.717, 1.165) is 48.6 Å². The van der Waals surface area contributed by atoms with Gasteiger partial charge in [-0.3, -0.25) is 0 Å². The minimum Gasteiger partial charge on any atom is -0.498 e. The third-order valence-corrected chi connectivity index (χ3v) is 5.90. The Morgan fingerprint density at radius 3 is 2.85 bits per heavy atom. The summed E-state index contributed by atoms with van der Waals surface area (Å²) in [6.07, 6.45) is 15.1. The molecular weight excluding hydrogens is 410 g/mol. The summed E-state index contributed by atoms with van der Waals surface area (Å²) < 4.78 is 17.7. The number of benzene rings is 1. The van der Waals surface area contributed by atoms with Crippen molar-refractivity contribution in [2.24, 2.45) is 5.73 Å². The molecule has 0 atom stereocenters. The maximum Gasteiger partial charge on any atom is 0.123 e. The molecule has 2 aliphatic carbocycles. The zero-order valence-electron chi connectivity index (χ0n) is 20.3. The van der Waals surface area contributed by atoms with Crippen molar-refractivity contribution in [3.63, 3.8) is 0 Å². The molecule has 4 heteroatoms. The van der Waals surface area contributed by atoms with Crippen LogP contribution in [0.4, 0.5) is 0 Å². The Balaban J connectivity index is 1.55. The first-order valence-corrected chi connectivity index (χ1v) is 11.8. The number of hydrogen-bond acceptors (Lipinski definition) is 4. The van der Waals surface area contributed by atoms with E-state index in [9.17, 15) is 0 Å². The molecule has 3 rings (SSSR count). The van der Waals surface area contributed by atoms with E-state index in [1.807, 2.05) is 19.9 Å². The number of fused-ring (bicyclic) bond motifs is 1. The van der Waals surface area contributed by atoms with Gasteiger partial charge in [0, 0.05) is 24.1 Å². The summed E-state index contributed by atoms with van der Waals surface area (Å²) in [6.45, 7) is 11.8. The Morgan fingerprint density at radius 1 is 1.18 bits per heavy atom. The van der Waals surface area contributed by atoms with Crippen LogP contribution in [-0.2, 0) is 15.9 Å². The summed E-state index contributed by atoms with van der Waals surface area (Å²) in [7, 11) is 0. The molecule has 0 heterocycles. The SMILES string of the molecule is C=C(CC1=CCCc2c(OCC/C(N)=C(\C)OCC3=CC=C(C)C=CC3)cccc21)OCC. The Kier molecular flexibility index (Phi) is 9.05. The Bertz CT molecular complexity index is 1010. The summed E-state index contributed by atoms with van der Waals surface area (Å²) in [5.74, 6) is 2.50. The molecule has 0 aliphatic heterocycles. The van der Waals surface area contributed by atoms with Crippen LogP contribution in [0.2, 0.25) is 0 Å². The fourth-order valence-electron chi connectivity index (χ4n) is 4.01. The van der Waals surface area contributed by atoms with Crippen LogP contribution in [0, 0.1) is 0 Å². The molecule has 2 aliphatic rings. The van der Waals surface area contributed by atoms with Gasteiger partial charge in [0.25, 0.3) is 0 Å². The summed E-state index contributed by atoms with van der Waals surface area (Å²) >= 11 is 0. The molecular formula is C29H37NO3. The van der Waals surface area contributed by atoms with Crippen molar-refractivity contribution in [3.05, 3.63) is 94.6 Å². The number of nitrogens with two attached hydrogens (primary N) is 1. The molecule has 0 radical (unpaired) electrons. The molecule has 1 aromatic rings. The standard InChI is InChI=1S/C29H37NO3/c1-5-31-22(3)19-25-11-7-13-27-26(25)12-8-14-29(27)32-18-17-28(30)23(4)33-20-24-10-6-9-21(2)15-16-24/h6,8-9,11-12,14-16H,3,5,7,10,13,17-20,30H2,1-2,4H3/b28-23-. The lowest BCUT2D eigenvalue weighted by molar-refractivity contribution is 0.227. The van der Waals surface area contributed by atoms with E-state index in [-0.39, 0.29) is 0 Å². The van der Waals surface area contributed by atoms with Crippen molar-refractivity contribution in [1.82, 2.24) is 0 Å². The van der Waals surface area contributed by atoms with Crippen LogP contribution in [0.15, 0.2) is 83.5 Å². The largest absolute Gasteiger partial charge is 0.498 e. The van der Waals surface area contributed by atoms with E-state index < -0.39 is 0 Å². The van der Waals surface area contributed by atoms with Gasteiger partial charge in [-0.1, -0.05) is 54.7 Å². The minimum atomic E-state index is 0.515. The first kappa shape index (κ1) is 24.5. The number of allylic oxidation sites excluding steroid dienone is 8. The van der Waals surface area contributed by atoms with Crippen LogP contribution in [0.3, 0.4) is 0 Å². The van der Waals surface area contributed by atoms with Gasteiger partial charge in [-0.25, -0.2) is 0 Å². The fourth-order valence-corrected chi connectivity index (χ4v) is 4.01. The van der Waals surface area contributed by atoms with Crippen molar-refractivity contribution >= 4 is 5.57 Å². The molecule has 0 amide bonds. The quantitative estimate of drug-likeness (QED) is 0.381. The normalized spacial score (nSPS) is 15.9. The predicted molar refractivity (Wildman–Crippen MR) is 137 cm³/mol. The molecule has 0 bridgehead atoms. The number of hydrogen-bond donors (Lipinski definition) is 1. The van der Waals surface area contributed by atoms with E-state index in [1.165, 1.54) is 27.8 Å². The monoisotopic (exact) mass is 447 g/mol. The molecule has 0 fully saturated rings. The van der Waals surface area contributed by atoms with Crippen LogP contribution in [0.5, 0.6) is 5.75 Å². The molecule has 0 saturated carbocycles. The van der Waals surface area contributed by atoms with Crippen molar-refractivity contribution in [2.45, 2.75) is 52.9 Å². The highest BCUT2D eigenvalue weighted by Gasteiger charge is 2.17. The highest BCUT2D eigenvalue weighted by atomic mass is 16.5. The van der Waals surface area contributed by atoms with Crippen molar-refractivity contribution in [1.29, 1.82) is 0 Å². The maximum atomic E-state index is 6.29. The third kappa shape index (κ3) is 7.18. The number of ether oxygens (including phenoxy) is 3. The van der Waals surface area contributed by atoms with Crippen LogP contribution in [0.1, 0.15) is 57.6 Å². The van der Waals surface area contributed by atoms with Crippen LogP contribution in [0.25, 0.3) is 5.57 Å². The predicted octanol–water partition coefficient (Wildman–Crippen LogP) is 6.76. The van der Waals surface area contributed by atoms with Gasteiger partial charge in [-0.15, -0.1) is 0 Å². The van der Waals surface area contributed by atoms with Crippen molar-refractivity contribution in [2.75, 3.05) is 19.8 Å². The van der Waals surface area contributed by atoms with Gasteiger partial charge >= 0.3 is 0 Å². The van der Waals surface area contributed by atoms with Gasteiger partial charge in [0.15, 0.2) is 0 Å². The van der Waals surface area contributed by atoms with Gasteiger partial charge in [0.1, 0.15) is 18.1 Å². The second-order valence-electron chi connectivity index (χ2n) is 8.51. The van der Waals surface area contributed by atoms with Crippen LogP contribution < -0.4 is 10.5 Å². The Labute approximate surface area is 198 Å². The molecule has 2 N–H and O–H groups in total. The van der Waals surface area contributed by atoms with Gasteiger partial charge in [-0.05, 0) is 62.8 Å². The van der Waals surface area contributed by atoms with E-state index in [0.29, 0.717) is 26.2 Å². The summed E-state index contributed by atoms with van der Waals surface area (Å²) in [5.41, 5.74) is 13.3. The molecule has 1 aromatic carbocycles. The Morgan fingerprint density at radius 2 is 2.03 bits per heavy atom. The van der Waals surface area contributed by atoms with Gasteiger partial charge in [0.2, 0.25) is 0 Å².